The third-order valence-electron chi connectivity index (χ3n) is 4.90. The fraction of sp³-hybridized carbons (Fsp3) is 0.611. The first-order chi connectivity index (χ1) is 12.0. The first-order valence-electron chi connectivity index (χ1n) is 8.31. The normalized spacial score (nSPS) is 16.4. The van der Waals surface area contributed by atoms with Crippen molar-refractivity contribution in [1.29, 1.82) is 0 Å². The van der Waals surface area contributed by atoms with Gasteiger partial charge >= 0.3 is 0 Å². The Morgan fingerprint density at radius 1 is 1.08 bits per heavy atom. The summed E-state index contributed by atoms with van der Waals surface area (Å²) in [5.74, 6) is 1.25. The molecule has 1 N–H and O–H groups in total. The molecule has 1 aliphatic rings. The number of amides is 1. The molecule has 0 radical (unpaired) electrons. The summed E-state index contributed by atoms with van der Waals surface area (Å²) in [7, 11) is 8.68. The molecule has 0 unspecified atom stereocenters. The van der Waals surface area contributed by atoms with Crippen LogP contribution in [0.2, 0.25) is 0 Å². The number of rotatable bonds is 7. The highest BCUT2D eigenvalue weighted by Crippen LogP contribution is 2.34. The fourth-order valence-electron chi connectivity index (χ4n) is 3.08. The average Bonchev–Trinajstić information content (AvgIpc) is 2.65. The predicted octanol–water partition coefficient (Wildman–Crippen LogP) is 1.55. The quantitative estimate of drug-likeness (QED) is 0.803. The van der Waals surface area contributed by atoms with Gasteiger partial charge in [0.2, 0.25) is 0 Å². The summed E-state index contributed by atoms with van der Waals surface area (Å²) in [6.07, 6.45) is 1.76. The summed E-state index contributed by atoms with van der Waals surface area (Å²) in [5.41, 5.74) is 0.318. The summed E-state index contributed by atoms with van der Waals surface area (Å²) in [5, 5.41) is 3.04. The van der Waals surface area contributed by atoms with Crippen molar-refractivity contribution >= 4 is 5.91 Å². The zero-order valence-corrected chi connectivity index (χ0v) is 15.7. The molecule has 0 spiro atoms. The summed E-state index contributed by atoms with van der Waals surface area (Å²) < 4.78 is 21.4. The fourth-order valence-corrected chi connectivity index (χ4v) is 3.08. The van der Waals surface area contributed by atoms with E-state index in [0.29, 0.717) is 42.6 Å². The highest BCUT2D eigenvalue weighted by Gasteiger charge is 2.35. The minimum Gasteiger partial charge on any atom is -0.496 e. The van der Waals surface area contributed by atoms with Crippen LogP contribution in [0.15, 0.2) is 12.1 Å². The Morgan fingerprint density at radius 2 is 1.64 bits per heavy atom. The third-order valence-corrected chi connectivity index (χ3v) is 4.90. The van der Waals surface area contributed by atoms with Crippen LogP contribution in [0.5, 0.6) is 17.2 Å². The number of nitrogens with zero attached hydrogens (tertiary/aromatic N) is 1. The number of carbonyl (C=O) groups is 1. The molecule has 1 fully saturated rings. The Morgan fingerprint density at radius 3 is 2.16 bits per heavy atom. The van der Waals surface area contributed by atoms with Gasteiger partial charge < -0.3 is 29.2 Å². The molecule has 1 amide bonds. The van der Waals surface area contributed by atoms with Gasteiger partial charge in [-0.15, -0.1) is 0 Å². The molecule has 1 aliphatic heterocycles. The number of benzene rings is 1. The van der Waals surface area contributed by atoms with Crippen molar-refractivity contribution in [3.63, 3.8) is 0 Å². The lowest BCUT2D eigenvalue weighted by molar-refractivity contribution is -0.00659. The van der Waals surface area contributed by atoms with Gasteiger partial charge in [-0.25, -0.2) is 0 Å². The topological polar surface area (TPSA) is 69.3 Å². The van der Waals surface area contributed by atoms with E-state index in [1.165, 1.54) is 14.2 Å². The molecule has 1 saturated heterocycles. The molecule has 0 atom stereocenters. The van der Waals surface area contributed by atoms with E-state index < -0.39 is 0 Å². The first-order valence-corrected chi connectivity index (χ1v) is 8.31. The van der Waals surface area contributed by atoms with Gasteiger partial charge in [0.15, 0.2) is 11.5 Å². The van der Waals surface area contributed by atoms with E-state index >= 15 is 0 Å². The SMILES string of the molecule is COc1cc(OC)c(C(=O)NCC2(N(C)C)CCOCC2)cc1OC. The van der Waals surface area contributed by atoms with E-state index in [-0.39, 0.29) is 11.4 Å². The molecule has 1 aromatic rings. The number of nitrogens with one attached hydrogen (secondary N) is 1. The van der Waals surface area contributed by atoms with E-state index in [1.807, 2.05) is 14.1 Å². The van der Waals surface area contributed by atoms with Crippen LogP contribution in [-0.2, 0) is 4.74 Å². The van der Waals surface area contributed by atoms with E-state index in [0.717, 1.165) is 12.8 Å². The molecular formula is C18H28N2O5. The van der Waals surface area contributed by atoms with E-state index in [9.17, 15) is 4.79 Å². The van der Waals surface area contributed by atoms with E-state index in [4.69, 9.17) is 18.9 Å². The van der Waals surface area contributed by atoms with Crippen molar-refractivity contribution in [3.8, 4) is 17.2 Å². The highest BCUT2D eigenvalue weighted by atomic mass is 16.5. The Balaban J connectivity index is 2.19. The van der Waals surface area contributed by atoms with Crippen LogP contribution in [0.3, 0.4) is 0 Å². The van der Waals surface area contributed by atoms with Crippen molar-refractivity contribution in [3.05, 3.63) is 17.7 Å². The van der Waals surface area contributed by atoms with Gasteiger partial charge in [-0.05, 0) is 26.9 Å². The second kappa shape index (κ2) is 8.40. The number of ether oxygens (including phenoxy) is 4. The van der Waals surface area contributed by atoms with Crippen molar-refractivity contribution in [2.75, 3.05) is 55.2 Å². The van der Waals surface area contributed by atoms with Gasteiger partial charge in [0.05, 0.1) is 26.9 Å². The minimum absolute atomic E-state index is 0.0995. The first kappa shape index (κ1) is 19.3. The Hall–Kier alpha value is -1.99. The van der Waals surface area contributed by atoms with Crippen LogP contribution >= 0.6 is 0 Å². The Labute approximate surface area is 149 Å². The lowest BCUT2D eigenvalue weighted by Crippen LogP contribution is -2.55. The third kappa shape index (κ3) is 4.16. The van der Waals surface area contributed by atoms with Gasteiger partial charge in [-0.2, -0.15) is 0 Å². The maximum Gasteiger partial charge on any atom is 0.255 e. The molecule has 2 rings (SSSR count). The maximum absolute atomic E-state index is 12.8. The van der Waals surface area contributed by atoms with Crippen molar-refractivity contribution < 1.29 is 23.7 Å². The van der Waals surface area contributed by atoms with Gasteiger partial charge in [0.1, 0.15) is 5.75 Å². The largest absolute Gasteiger partial charge is 0.496 e. The zero-order valence-electron chi connectivity index (χ0n) is 15.7. The number of hydrogen-bond acceptors (Lipinski definition) is 6. The monoisotopic (exact) mass is 352 g/mol. The van der Waals surface area contributed by atoms with Crippen molar-refractivity contribution in [1.82, 2.24) is 10.2 Å². The Bertz CT molecular complexity index is 597. The summed E-state index contributed by atoms with van der Waals surface area (Å²) in [6.45, 7) is 1.95. The smallest absolute Gasteiger partial charge is 0.255 e. The minimum atomic E-state index is -0.203. The molecule has 7 nitrogen and oxygen atoms in total. The summed E-state index contributed by atoms with van der Waals surface area (Å²) >= 11 is 0. The summed E-state index contributed by atoms with van der Waals surface area (Å²) in [4.78, 5) is 14.9. The highest BCUT2D eigenvalue weighted by molar-refractivity contribution is 5.97. The van der Waals surface area contributed by atoms with Gasteiger partial charge in [-0.3, -0.25) is 4.79 Å². The molecule has 140 valence electrons. The summed E-state index contributed by atoms with van der Waals surface area (Å²) in [6, 6.07) is 3.29. The second-order valence-corrected chi connectivity index (χ2v) is 6.32. The number of likely N-dealkylation sites (N-methyl/N-ethyl adjacent to an activating group) is 1. The lowest BCUT2D eigenvalue weighted by Gasteiger charge is -2.42. The average molecular weight is 352 g/mol. The zero-order chi connectivity index (χ0) is 18.4. The van der Waals surface area contributed by atoms with Crippen LogP contribution in [0.25, 0.3) is 0 Å². The molecule has 1 aromatic carbocycles. The molecular weight excluding hydrogens is 324 g/mol. The van der Waals surface area contributed by atoms with E-state index in [1.54, 1.807) is 19.2 Å². The molecule has 0 aliphatic carbocycles. The molecule has 7 heteroatoms. The van der Waals surface area contributed by atoms with Gasteiger partial charge in [0, 0.05) is 37.4 Å². The van der Waals surface area contributed by atoms with Crippen LogP contribution in [0, 0.1) is 0 Å². The lowest BCUT2D eigenvalue weighted by atomic mass is 9.88. The maximum atomic E-state index is 12.8. The van der Waals surface area contributed by atoms with Crippen LogP contribution in [0.1, 0.15) is 23.2 Å². The standard InChI is InChI=1S/C18H28N2O5/c1-20(2)18(6-8-25-9-7-18)12-19-17(21)13-10-15(23-4)16(24-5)11-14(13)22-3/h10-11H,6-9,12H2,1-5H3,(H,19,21). The number of hydrogen-bond donors (Lipinski definition) is 1. The second-order valence-electron chi connectivity index (χ2n) is 6.32. The molecule has 25 heavy (non-hydrogen) atoms. The van der Waals surface area contributed by atoms with Gasteiger partial charge in [-0.1, -0.05) is 0 Å². The van der Waals surface area contributed by atoms with Crippen molar-refractivity contribution in [2.45, 2.75) is 18.4 Å². The Kier molecular flexibility index (Phi) is 6.50. The van der Waals surface area contributed by atoms with E-state index in [2.05, 4.69) is 10.2 Å². The molecule has 0 aromatic heterocycles. The predicted molar refractivity (Wildman–Crippen MR) is 94.9 cm³/mol. The van der Waals surface area contributed by atoms with Crippen LogP contribution < -0.4 is 19.5 Å². The molecule has 1 heterocycles. The number of methoxy groups -OCH3 is 3. The molecule has 0 bridgehead atoms. The van der Waals surface area contributed by atoms with Crippen molar-refractivity contribution in [2.24, 2.45) is 0 Å². The van der Waals surface area contributed by atoms with Crippen LogP contribution in [-0.4, -0.2) is 71.5 Å². The van der Waals surface area contributed by atoms with Crippen LogP contribution in [0.4, 0.5) is 0 Å². The number of carbonyl (C=O) groups excluding carboxylic acids is 1. The molecule has 0 saturated carbocycles. The van der Waals surface area contributed by atoms with Gasteiger partial charge in [0.25, 0.3) is 5.91 Å².